The molecule has 1 unspecified atom stereocenters. The Bertz CT molecular complexity index is 324. The molecule has 1 atom stereocenters. The molecule has 0 aliphatic rings. The van der Waals surface area contributed by atoms with Crippen molar-refractivity contribution >= 4 is 0 Å². The largest absolute Gasteiger partial charge is 0.435 e. The summed E-state index contributed by atoms with van der Waals surface area (Å²) in [5.74, 6) is 0. The molecule has 1 rings (SSSR count). The summed E-state index contributed by atoms with van der Waals surface area (Å²) in [4.78, 5) is 0. The lowest BCUT2D eigenvalue weighted by molar-refractivity contribution is -0.141. The van der Waals surface area contributed by atoms with E-state index in [2.05, 4.69) is 10.4 Å². The number of aliphatic hydroxyl groups is 1. The molecule has 4 nitrogen and oxygen atoms in total. The molecule has 0 aliphatic carbocycles. The zero-order chi connectivity index (χ0) is 12.2. The van der Waals surface area contributed by atoms with Crippen LogP contribution in [0.2, 0.25) is 0 Å². The van der Waals surface area contributed by atoms with Gasteiger partial charge in [0.25, 0.3) is 0 Å². The molecule has 92 valence electrons. The van der Waals surface area contributed by atoms with Crippen LogP contribution in [-0.4, -0.2) is 34.6 Å². The van der Waals surface area contributed by atoms with E-state index in [0.29, 0.717) is 13.0 Å². The van der Waals surface area contributed by atoms with Gasteiger partial charge < -0.3 is 10.4 Å². The van der Waals surface area contributed by atoms with Crippen LogP contribution in [0.1, 0.15) is 12.1 Å². The minimum absolute atomic E-state index is 0.0150. The minimum atomic E-state index is -4.41. The molecular weight excluding hydrogens is 223 g/mol. The van der Waals surface area contributed by atoms with Crippen LogP contribution in [0.5, 0.6) is 0 Å². The highest BCUT2D eigenvalue weighted by Crippen LogP contribution is 2.27. The van der Waals surface area contributed by atoms with Gasteiger partial charge in [-0.25, -0.2) is 0 Å². The summed E-state index contributed by atoms with van der Waals surface area (Å²) in [6.45, 7) is 0.284. The summed E-state index contributed by atoms with van der Waals surface area (Å²) < 4.78 is 37.9. The first-order chi connectivity index (χ1) is 7.47. The number of alkyl halides is 3. The number of aliphatic hydroxyl groups excluding tert-OH is 1. The van der Waals surface area contributed by atoms with Gasteiger partial charge in [0.05, 0.1) is 6.54 Å². The van der Waals surface area contributed by atoms with Gasteiger partial charge in [0, 0.05) is 18.8 Å². The number of nitrogens with one attached hydrogen (secondary N) is 1. The molecule has 0 spiro atoms. The fourth-order valence-corrected chi connectivity index (χ4v) is 1.32. The van der Waals surface area contributed by atoms with E-state index in [1.54, 1.807) is 7.05 Å². The van der Waals surface area contributed by atoms with Crippen LogP contribution in [0.15, 0.2) is 12.3 Å². The Balaban J connectivity index is 2.64. The molecule has 7 heteroatoms. The Morgan fingerprint density at radius 1 is 1.56 bits per heavy atom. The van der Waals surface area contributed by atoms with E-state index in [4.69, 9.17) is 5.11 Å². The topological polar surface area (TPSA) is 50.1 Å². The second-order valence-electron chi connectivity index (χ2n) is 3.42. The standard InChI is InChI=1S/C9H14F3N3O/c1-13-7(3-5-16)6-15-4-2-8(14-15)9(10,11)12/h2,4,7,13,16H,3,5-6H2,1H3. The van der Waals surface area contributed by atoms with Crippen LogP contribution >= 0.6 is 0 Å². The molecule has 1 aromatic rings. The van der Waals surface area contributed by atoms with E-state index in [-0.39, 0.29) is 12.6 Å². The number of hydrogen-bond acceptors (Lipinski definition) is 3. The van der Waals surface area contributed by atoms with Gasteiger partial charge in [0.15, 0.2) is 5.69 Å². The van der Waals surface area contributed by atoms with Gasteiger partial charge in [-0.2, -0.15) is 18.3 Å². The highest BCUT2D eigenvalue weighted by Gasteiger charge is 2.33. The first-order valence-electron chi connectivity index (χ1n) is 4.86. The Morgan fingerprint density at radius 3 is 2.69 bits per heavy atom. The summed E-state index contributed by atoms with van der Waals surface area (Å²) >= 11 is 0. The van der Waals surface area contributed by atoms with Crippen molar-refractivity contribution in [2.24, 2.45) is 0 Å². The molecule has 0 aromatic carbocycles. The van der Waals surface area contributed by atoms with Crippen molar-refractivity contribution in [2.75, 3.05) is 13.7 Å². The van der Waals surface area contributed by atoms with E-state index in [0.717, 1.165) is 6.07 Å². The van der Waals surface area contributed by atoms with Crippen molar-refractivity contribution in [3.05, 3.63) is 18.0 Å². The number of nitrogens with zero attached hydrogens (tertiary/aromatic N) is 2. The number of hydrogen-bond donors (Lipinski definition) is 2. The summed E-state index contributed by atoms with van der Waals surface area (Å²) in [5.41, 5.74) is -0.897. The van der Waals surface area contributed by atoms with Crippen molar-refractivity contribution in [3.8, 4) is 0 Å². The van der Waals surface area contributed by atoms with Gasteiger partial charge in [-0.05, 0) is 19.5 Å². The molecule has 0 aliphatic heterocycles. The Morgan fingerprint density at radius 2 is 2.25 bits per heavy atom. The van der Waals surface area contributed by atoms with Crippen LogP contribution in [0.3, 0.4) is 0 Å². The predicted molar refractivity (Wildman–Crippen MR) is 51.8 cm³/mol. The summed E-state index contributed by atoms with van der Waals surface area (Å²) in [6.07, 6.45) is -2.65. The van der Waals surface area contributed by atoms with Crippen molar-refractivity contribution in [3.63, 3.8) is 0 Å². The highest BCUT2D eigenvalue weighted by molar-refractivity contribution is 5.03. The average molecular weight is 237 g/mol. The number of likely N-dealkylation sites (N-methyl/N-ethyl adjacent to an activating group) is 1. The maximum absolute atomic E-state index is 12.2. The van der Waals surface area contributed by atoms with Gasteiger partial charge in [0.1, 0.15) is 0 Å². The molecule has 16 heavy (non-hydrogen) atoms. The van der Waals surface area contributed by atoms with Gasteiger partial charge >= 0.3 is 6.18 Å². The number of halogens is 3. The molecule has 1 heterocycles. The fraction of sp³-hybridized carbons (Fsp3) is 0.667. The lowest BCUT2D eigenvalue weighted by atomic mass is 10.2. The third-order valence-electron chi connectivity index (χ3n) is 2.22. The van der Waals surface area contributed by atoms with E-state index >= 15 is 0 Å². The van der Waals surface area contributed by atoms with Crippen LogP contribution in [0.25, 0.3) is 0 Å². The molecular formula is C9H14F3N3O. The van der Waals surface area contributed by atoms with Crippen molar-refractivity contribution in [2.45, 2.75) is 25.2 Å². The SMILES string of the molecule is CNC(CCO)Cn1ccc(C(F)(F)F)n1. The van der Waals surface area contributed by atoms with E-state index in [9.17, 15) is 13.2 Å². The molecule has 0 saturated heterocycles. The van der Waals surface area contributed by atoms with Gasteiger partial charge in [-0.3, -0.25) is 4.68 Å². The van der Waals surface area contributed by atoms with Crippen LogP contribution in [0.4, 0.5) is 13.2 Å². The van der Waals surface area contributed by atoms with Crippen LogP contribution in [-0.2, 0) is 12.7 Å². The maximum atomic E-state index is 12.2. The first kappa shape index (κ1) is 13.0. The van der Waals surface area contributed by atoms with Crippen molar-refractivity contribution < 1.29 is 18.3 Å². The monoisotopic (exact) mass is 237 g/mol. The third kappa shape index (κ3) is 3.49. The third-order valence-corrected chi connectivity index (χ3v) is 2.22. The Kier molecular flexibility index (Phi) is 4.31. The van der Waals surface area contributed by atoms with Gasteiger partial charge in [0.2, 0.25) is 0 Å². The maximum Gasteiger partial charge on any atom is 0.435 e. The van der Waals surface area contributed by atoms with Crippen LogP contribution in [0, 0.1) is 0 Å². The Labute approximate surface area is 91.1 Å². The lowest BCUT2D eigenvalue weighted by Gasteiger charge is -2.14. The fourth-order valence-electron chi connectivity index (χ4n) is 1.32. The van der Waals surface area contributed by atoms with E-state index < -0.39 is 11.9 Å². The molecule has 0 saturated carbocycles. The molecule has 0 amide bonds. The second-order valence-corrected chi connectivity index (χ2v) is 3.42. The smallest absolute Gasteiger partial charge is 0.396 e. The van der Waals surface area contributed by atoms with Gasteiger partial charge in [-0.1, -0.05) is 0 Å². The second kappa shape index (κ2) is 5.31. The van der Waals surface area contributed by atoms with Crippen molar-refractivity contribution in [1.29, 1.82) is 0 Å². The first-order valence-corrected chi connectivity index (χ1v) is 4.86. The van der Waals surface area contributed by atoms with Gasteiger partial charge in [-0.15, -0.1) is 0 Å². The average Bonchev–Trinajstić information content (AvgIpc) is 2.65. The molecule has 0 radical (unpaired) electrons. The predicted octanol–water partition coefficient (Wildman–Crippen LogP) is 0.872. The summed E-state index contributed by atoms with van der Waals surface area (Å²) in [6, 6.07) is 0.844. The molecule has 0 bridgehead atoms. The zero-order valence-corrected chi connectivity index (χ0v) is 8.83. The molecule has 0 fully saturated rings. The van der Waals surface area contributed by atoms with E-state index in [1.807, 2.05) is 0 Å². The van der Waals surface area contributed by atoms with E-state index in [1.165, 1.54) is 10.9 Å². The normalized spacial score (nSPS) is 14.1. The summed E-state index contributed by atoms with van der Waals surface area (Å²) in [7, 11) is 1.69. The summed E-state index contributed by atoms with van der Waals surface area (Å²) in [5, 5.41) is 15.0. The zero-order valence-electron chi connectivity index (χ0n) is 8.83. The number of aromatic nitrogens is 2. The molecule has 1 aromatic heterocycles. The minimum Gasteiger partial charge on any atom is -0.396 e. The lowest BCUT2D eigenvalue weighted by Crippen LogP contribution is -2.31. The van der Waals surface area contributed by atoms with Crippen LogP contribution < -0.4 is 5.32 Å². The quantitative estimate of drug-likeness (QED) is 0.799. The highest BCUT2D eigenvalue weighted by atomic mass is 19.4. The van der Waals surface area contributed by atoms with Crippen molar-refractivity contribution in [1.82, 2.24) is 15.1 Å². The molecule has 2 N–H and O–H groups in total. The number of rotatable bonds is 5. The Hall–Kier alpha value is -1.08.